The van der Waals surface area contributed by atoms with Crippen molar-refractivity contribution in [1.29, 1.82) is 0 Å². The van der Waals surface area contributed by atoms with Crippen molar-refractivity contribution in [2.45, 2.75) is 52.2 Å². The van der Waals surface area contributed by atoms with E-state index in [1.807, 2.05) is 20.8 Å². The van der Waals surface area contributed by atoms with Crippen molar-refractivity contribution in [3.63, 3.8) is 0 Å². The van der Waals surface area contributed by atoms with Crippen LogP contribution in [0.4, 0.5) is 4.79 Å². The Labute approximate surface area is 109 Å². The fourth-order valence-electron chi connectivity index (χ4n) is 2.32. The molecule has 0 bridgehead atoms. The van der Waals surface area contributed by atoms with Crippen molar-refractivity contribution >= 4 is 6.09 Å². The van der Waals surface area contributed by atoms with Crippen LogP contribution in [0.3, 0.4) is 0 Å². The van der Waals surface area contributed by atoms with Gasteiger partial charge in [-0.2, -0.15) is 0 Å². The molecule has 0 heterocycles. The molecule has 0 saturated heterocycles. The van der Waals surface area contributed by atoms with Crippen molar-refractivity contribution in [2.75, 3.05) is 0 Å². The molecule has 1 aliphatic carbocycles. The summed E-state index contributed by atoms with van der Waals surface area (Å²) in [6.07, 6.45) is 1.65. The predicted molar refractivity (Wildman–Crippen MR) is 71.6 cm³/mol. The molecule has 1 N–H and O–H groups in total. The van der Waals surface area contributed by atoms with Gasteiger partial charge < -0.3 is 10.1 Å². The first kappa shape index (κ1) is 12.9. The quantitative estimate of drug-likeness (QED) is 0.824. The molecule has 1 aromatic rings. The summed E-state index contributed by atoms with van der Waals surface area (Å²) in [5.74, 6) is 0. The van der Waals surface area contributed by atoms with Crippen molar-refractivity contribution in [3.05, 3.63) is 34.9 Å². The van der Waals surface area contributed by atoms with E-state index < -0.39 is 5.60 Å². The number of amides is 1. The van der Waals surface area contributed by atoms with Gasteiger partial charge >= 0.3 is 6.09 Å². The number of alkyl carbamates (subject to hydrolysis) is 1. The Morgan fingerprint density at radius 1 is 1.39 bits per heavy atom. The molecular weight excluding hydrogens is 226 g/mol. The molecule has 1 unspecified atom stereocenters. The molecule has 3 nitrogen and oxygen atoms in total. The van der Waals surface area contributed by atoms with Crippen molar-refractivity contribution in [2.24, 2.45) is 0 Å². The van der Waals surface area contributed by atoms with E-state index in [9.17, 15) is 4.79 Å². The van der Waals surface area contributed by atoms with Gasteiger partial charge in [0.15, 0.2) is 0 Å². The Morgan fingerprint density at radius 3 is 2.78 bits per heavy atom. The van der Waals surface area contributed by atoms with Crippen LogP contribution in [0.15, 0.2) is 18.2 Å². The van der Waals surface area contributed by atoms with E-state index in [-0.39, 0.29) is 12.1 Å². The van der Waals surface area contributed by atoms with Crippen LogP contribution in [0.25, 0.3) is 0 Å². The van der Waals surface area contributed by atoms with Gasteiger partial charge in [-0.3, -0.25) is 0 Å². The standard InChI is InChI=1S/C15H21NO2/c1-10-5-6-11-7-8-13(12(11)9-10)16-14(17)18-15(2,3)4/h5-6,9,13H,7-8H2,1-4H3,(H,16,17). The first-order valence-corrected chi connectivity index (χ1v) is 6.44. The summed E-state index contributed by atoms with van der Waals surface area (Å²) in [4.78, 5) is 11.8. The molecule has 0 saturated carbocycles. The third-order valence-corrected chi connectivity index (χ3v) is 3.07. The van der Waals surface area contributed by atoms with Gasteiger partial charge in [0, 0.05) is 0 Å². The SMILES string of the molecule is Cc1ccc2c(c1)C(NC(=O)OC(C)(C)C)CC2. The summed E-state index contributed by atoms with van der Waals surface area (Å²) in [6.45, 7) is 7.70. The lowest BCUT2D eigenvalue weighted by Crippen LogP contribution is -2.34. The highest BCUT2D eigenvalue weighted by atomic mass is 16.6. The molecule has 1 atom stereocenters. The van der Waals surface area contributed by atoms with Gasteiger partial charge in [-0.1, -0.05) is 23.8 Å². The summed E-state index contributed by atoms with van der Waals surface area (Å²) in [5.41, 5.74) is 3.35. The maximum atomic E-state index is 11.8. The zero-order chi connectivity index (χ0) is 13.3. The van der Waals surface area contributed by atoms with Crippen LogP contribution in [-0.4, -0.2) is 11.7 Å². The zero-order valence-corrected chi connectivity index (χ0v) is 11.5. The van der Waals surface area contributed by atoms with E-state index in [4.69, 9.17) is 4.74 Å². The fourth-order valence-corrected chi connectivity index (χ4v) is 2.32. The fraction of sp³-hybridized carbons (Fsp3) is 0.533. The third-order valence-electron chi connectivity index (χ3n) is 3.07. The van der Waals surface area contributed by atoms with Gasteiger partial charge in [0.2, 0.25) is 0 Å². The predicted octanol–water partition coefficient (Wildman–Crippen LogP) is 3.51. The molecule has 2 rings (SSSR count). The normalized spacial score (nSPS) is 18.3. The van der Waals surface area contributed by atoms with Gasteiger partial charge in [-0.05, 0) is 51.7 Å². The van der Waals surface area contributed by atoms with Crippen LogP contribution >= 0.6 is 0 Å². The summed E-state index contributed by atoms with van der Waals surface area (Å²) >= 11 is 0. The lowest BCUT2D eigenvalue weighted by Gasteiger charge is -2.22. The highest BCUT2D eigenvalue weighted by Crippen LogP contribution is 2.31. The van der Waals surface area contributed by atoms with Crippen molar-refractivity contribution in [3.8, 4) is 0 Å². The smallest absolute Gasteiger partial charge is 0.408 e. The molecule has 1 aromatic carbocycles. The minimum Gasteiger partial charge on any atom is -0.444 e. The lowest BCUT2D eigenvalue weighted by molar-refractivity contribution is 0.0503. The Bertz CT molecular complexity index is 460. The van der Waals surface area contributed by atoms with E-state index in [1.165, 1.54) is 16.7 Å². The summed E-state index contributed by atoms with van der Waals surface area (Å²) in [6, 6.07) is 6.52. The highest BCUT2D eigenvalue weighted by molar-refractivity contribution is 5.68. The molecule has 0 spiro atoms. The van der Waals surface area contributed by atoms with E-state index >= 15 is 0 Å². The van der Waals surface area contributed by atoms with E-state index in [0.717, 1.165) is 12.8 Å². The average Bonchev–Trinajstić information content (AvgIpc) is 2.58. The third kappa shape index (κ3) is 3.03. The first-order valence-electron chi connectivity index (χ1n) is 6.44. The zero-order valence-electron chi connectivity index (χ0n) is 11.5. The van der Waals surface area contributed by atoms with Crippen molar-refractivity contribution < 1.29 is 9.53 Å². The van der Waals surface area contributed by atoms with Crippen LogP contribution in [0.1, 0.15) is 49.9 Å². The Hall–Kier alpha value is -1.51. The number of carbonyl (C=O) groups excluding carboxylic acids is 1. The molecule has 18 heavy (non-hydrogen) atoms. The molecule has 0 aliphatic heterocycles. The van der Waals surface area contributed by atoms with Crippen molar-refractivity contribution in [1.82, 2.24) is 5.32 Å². The van der Waals surface area contributed by atoms with Crippen LogP contribution < -0.4 is 5.32 Å². The molecule has 0 fully saturated rings. The van der Waals surface area contributed by atoms with Crippen LogP contribution in [0.5, 0.6) is 0 Å². The second-order valence-corrected chi connectivity index (χ2v) is 5.94. The van der Waals surface area contributed by atoms with Gasteiger partial charge in [-0.25, -0.2) is 4.79 Å². The Balaban J connectivity index is 2.06. The number of benzene rings is 1. The van der Waals surface area contributed by atoms with E-state index in [1.54, 1.807) is 0 Å². The maximum Gasteiger partial charge on any atom is 0.408 e. The Morgan fingerprint density at radius 2 is 2.11 bits per heavy atom. The number of hydrogen-bond acceptors (Lipinski definition) is 2. The van der Waals surface area contributed by atoms with Crippen LogP contribution in [-0.2, 0) is 11.2 Å². The lowest BCUT2D eigenvalue weighted by atomic mass is 10.1. The number of rotatable bonds is 1. The minimum absolute atomic E-state index is 0.0924. The first-order chi connectivity index (χ1) is 8.35. The second-order valence-electron chi connectivity index (χ2n) is 5.94. The average molecular weight is 247 g/mol. The number of carbonyl (C=O) groups is 1. The van der Waals surface area contributed by atoms with E-state index in [0.29, 0.717) is 0 Å². The Kier molecular flexibility index (Phi) is 3.33. The van der Waals surface area contributed by atoms with Gasteiger partial charge in [-0.15, -0.1) is 0 Å². The summed E-state index contributed by atoms with van der Waals surface area (Å²) < 4.78 is 5.29. The van der Waals surface area contributed by atoms with E-state index in [2.05, 4.69) is 30.4 Å². The number of aryl methyl sites for hydroxylation is 2. The molecule has 1 aliphatic rings. The van der Waals surface area contributed by atoms with Crippen LogP contribution in [0, 0.1) is 6.92 Å². The second kappa shape index (κ2) is 4.63. The number of fused-ring (bicyclic) bond motifs is 1. The number of hydrogen-bond donors (Lipinski definition) is 1. The summed E-state index contributed by atoms with van der Waals surface area (Å²) in [7, 11) is 0. The molecular formula is C15H21NO2. The monoisotopic (exact) mass is 247 g/mol. The van der Waals surface area contributed by atoms with Gasteiger partial charge in [0.1, 0.15) is 5.60 Å². The van der Waals surface area contributed by atoms with Gasteiger partial charge in [0.25, 0.3) is 0 Å². The number of ether oxygens (including phenoxy) is 1. The molecule has 98 valence electrons. The van der Waals surface area contributed by atoms with Gasteiger partial charge in [0.05, 0.1) is 6.04 Å². The summed E-state index contributed by atoms with van der Waals surface area (Å²) in [5, 5.41) is 2.96. The molecule has 3 heteroatoms. The topological polar surface area (TPSA) is 38.3 Å². The minimum atomic E-state index is -0.446. The molecule has 0 aromatic heterocycles. The highest BCUT2D eigenvalue weighted by Gasteiger charge is 2.26. The number of nitrogens with one attached hydrogen (secondary N) is 1. The maximum absolute atomic E-state index is 11.8. The molecule has 1 amide bonds. The van der Waals surface area contributed by atoms with Crippen LogP contribution in [0.2, 0.25) is 0 Å². The molecule has 0 radical (unpaired) electrons. The largest absolute Gasteiger partial charge is 0.444 e.